The van der Waals surface area contributed by atoms with E-state index in [4.69, 9.17) is 24.2 Å². The van der Waals surface area contributed by atoms with Crippen molar-refractivity contribution in [2.24, 2.45) is 0 Å². The molecule has 0 spiro atoms. The van der Waals surface area contributed by atoms with Gasteiger partial charge in [0.2, 0.25) is 0 Å². The lowest BCUT2D eigenvalue weighted by Gasteiger charge is -2.28. The summed E-state index contributed by atoms with van der Waals surface area (Å²) in [6, 6.07) is 8.28. The number of anilines is 2. The fourth-order valence-corrected chi connectivity index (χ4v) is 4.59. The van der Waals surface area contributed by atoms with Crippen LogP contribution in [0.2, 0.25) is 0 Å². The molecule has 1 unspecified atom stereocenters. The third-order valence-corrected chi connectivity index (χ3v) is 6.37. The van der Waals surface area contributed by atoms with E-state index in [2.05, 4.69) is 22.5 Å². The number of hydrogen-bond acceptors (Lipinski definition) is 9. The summed E-state index contributed by atoms with van der Waals surface area (Å²) in [4.78, 5) is 12.3. The van der Waals surface area contributed by atoms with E-state index in [9.17, 15) is 5.11 Å². The number of nitrogens with one attached hydrogen (secondary N) is 2. The zero-order valence-corrected chi connectivity index (χ0v) is 20.4. The number of benzene rings is 1. The van der Waals surface area contributed by atoms with Gasteiger partial charge in [0.15, 0.2) is 5.82 Å². The van der Waals surface area contributed by atoms with Crippen LogP contribution in [0.3, 0.4) is 0 Å². The third-order valence-electron chi connectivity index (χ3n) is 6.37. The fraction of sp³-hybridized carbons (Fsp3) is 0.600. The minimum absolute atomic E-state index is 0.214. The number of aromatic nitrogens is 2. The van der Waals surface area contributed by atoms with Crippen LogP contribution in [0.15, 0.2) is 24.3 Å². The number of likely N-dealkylation sites (N-methyl/N-ethyl adjacent to an activating group) is 1. The van der Waals surface area contributed by atoms with Crippen LogP contribution in [0, 0.1) is 6.92 Å². The van der Waals surface area contributed by atoms with Crippen molar-refractivity contribution in [1.82, 2.24) is 15.3 Å². The highest BCUT2D eigenvalue weighted by Gasteiger charge is 2.29. The largest absolute Gasteiger partial charge is 0.491 e. The molecule has 0 radical (unpaired) electrons. The van der Waals surface area contributed by atoms with Crippen molar-refractivity contribution in [3.8, 4) is 17.1 Å². The van der Waals surface area contributed by atoms with E-state index in [1.807, 2.05) is 24.3 Å². The fourth-order valence-electron chi connectivity index (χ4n) is 4.59. The standard InChI is InChI=1S/C25H37N5O4/c1-17-23(27-19-9-11-33-14-19)28-24(29-25(17)30-10-5-7-20(30)15-32-3)18-6-4-8-22(12-18)34-16-21(31)13-26-2/h4,6,8,12,19-21,26,31H,5,7,9-11,13-16H2,1-3H3,(H,27,28,29)/t19-,20+,21?/m1/s1. The maximum absolute atomic E-state index is 9.98. The number of aliphatic hydroxyl groups excluding tert-OH is 1. The van der Waals surface area contributed by atoms with Crippen molar-refractivity contribution in [3.63, 3.8) is 0 Å². The molecule has 1 aromatic heterocycles. The molecular formula is C25H37N5O4. The van der Waals surface area contributed by atoms with E-state index in [1.165, 1.54) is 0 Å². The molecule has 0 aliphatic carbocycles. The van der Waals surface area contributed by atoms with Crippen LogP contribution in [0.5, 0.6) is 5.75 Å². The van der Waals surface area contributed by atoms with Crippen LogP contribution >= 0.6 is 0 Å². The van der Waals surface area contributed by atoms with Crippen LogP contribution in [-0.2, 0) is 9.47 Å². The molecule has 3 heterocycles. The lowest BCUT2D eigenvalue weighted by Crippen LogP contribution is -2.34. The van der Waals surface area contributed by atoms with Gasteiger partial charge in [-0.1, -0.05) is 12.1 Å². The van der Waals surface area contributed by atoms with Gasteiger partial charge >= 0.3 is 0 Å². The van der Waals surface area contributed by atoms with Gasteiger partial charge in [0.25, 0.3) is 0 Å². The first kappa shape index (κ1) is 24.7. The summed E-state index contributed by atoms with van der Waals surface area (Å²) < 4.78 is 16.9. The highest BCUT2D eigenvalue weighted by Crippen LogP contribution is 2.33. The Morgan fingerprint density at radius 2 is 2.18 bits per heavy atom. The molecule has 3 atom stereocenters. The van der Waals surface area contributed by atoms with Crippen molar-refractivity contribution in [1.29, 1.82) is 0 Å². The van der Waals surface area contributed by atoms with Gasteiger partial charge in [-0.15, -0.1) is 0 Å². The lowest BCUT2D eigenvalue weighted by atomic mass is 10.1. The molecule has 2 saturated heterocycles. The average molecular weight is 472 g/mol. The summed E-state index contributed by atoms with van der Waals surface area (Å²) in [5.74, 6) is 3.11. The van der Waals surface area contributed by atoms with Crippen LogP contribution in [0.25, 0.3) is 11.4 Å². The number of ether oxygens (including phenoxy) is 3. The minimum atomic E-state index is -0.576. The van der Waals surface area contributed by atoms with Gasteiger partial charge in [0.05, 0.1) is 25.3 Å². The average Bonchev–Trinajstić information content (AvgIpc) is 3.52. The van der Waals surface area contributed by atoms with E-state index in [0.717, 1.165) is 55.2 Å². The number of methoxy groups -OCH3 is 1. The molecule has 2 aliphatic heterocycles. The molecule has 3 N–H and O–H groups in total. The molecule has 1 aromatic carbocycles. The molecule has 34 heavy (non-hydrogen) atoms. The number of hydrogen-bond donors (Lipinski definition) is 3. The Hall–Kier alpha value is -2.46. The van der Waals surface area contributed by atoms with E-state index in [1.54, 1.807) is 14.2 Å². The smallest absolute Gasteiger partial charge is 0.164 e. The maximum atomic E-state index is 9.98. The first-order valence-corrected chi connectivity index (χ1v) is 12.1. The maximum Gasteiger partial charge on any atom is 0.164 e. The van der Waals surface area contributed by atoms with Gasteiger partial charge in [0, 0.05) is 37.9 Å². The normalized spacial score (nSPS) is 21.1. The van der Waals surface area contributed by atoms with Gasteiger partial charge in [-0.25, -0.2) is 9.97 Å². The second-order valence-corrected chi connectivity index (χ2v) is 9.04. The van der Waals surface area contributed by atoms with Crippen LogP contribution in [-0.4, -0.2) is 86.9 Å². The molecule has 0 amide bonds. The monoisotopic (exact) mass is 471 g/mol. The zero-order chi connectivity index (χ0) is 23.9. The van der Waals surface area contributed by atoms with Crippen molar-refractivity contribution in [2.45, 2.75) is 44.4 Å². The van der Waals surface area contributed by atoms with Gasteiger partial charge in [0.1, 0.15) is 30.1 Å². The third kappa shape index (κ3) is 5.96. The predicted molar refractivity (Wildman–Crippen MR) is 133 cm³/mol. The van der Waals surface area contributed by atoms with Crippen LogP contribution in [0.4, 0.5) is 11.6 Å². The van der Waals surface area contributed by atoms with E-state index in [-0.39, 0.29) is 12.6 Å². The van der Waals surface area contributed by atoms with Gasteiger partial charge in [-0.2, -0.15) is 0 Å². The quantitative estimate of drug-likeness (QED) is 0.455. The first-order valence-electron chi connectivity index (χ1n) is 12.1. The molecule has 4 rings (SSSR count). The SMILES string of the molecule is CNCC(O)COc1cccc(-c2nc(N[C@@H]3CCOC3)c(C)c(N3CCC[C@H]3COC)n2)c1. The Morgan fingerprint density at radius 1 is 1.29 bits per heavy atom. The number of nitrogens with zero attached hydrogens (tertiary/aromatic N) is 3. The zero-order valence-electron chi connectivity index (χ0n) is 20.4. The van der Waals surface area contributed by atoms with Crippen molar-refractivity contribution in [3.05, 3.63) is 29.8 Å². The minimum Gasteiger partial charge on any atom is -0.491 e. The van der Waals surface area contributed by atoms with Crippen molar-refractivity contribution in [2.75, 3.05) is 63.9 Å². The highest BCUT2D eigenvalue weighted by atomic mass is 16.5. The summed E-state index contributed by atoms with van der Waals surface area (Å²) >= 11 is 0. The second kappa shape index (κ2) is 11.8. The molecule has 0 bridgehead atoms. The Bertz CT molecular complexity index is 938. The van der Waals surface area contributed by atoms with Gasteiger partial charge < -0.3 is 34.9 Å². The Morgan fingerprint density at radius 3 is 2.94 bits per heavy atom. The molecule has 9 nitrogen and oxygen atoms in total. The Kier molecular flexibility index (Phi) is 8.55. The Labute approximate surface area is 201 Å². The molecule has 9 heteroatoms. The summed E-state index contributed by atoms with van der Waals surface area (Å²) in [5.41, 5.74) is 1.91. The topological polar surface area (TPSA) is 101 Å². The van der Waals surface area contributed by atoms with Crippen LogP contribution < -0.4 is 20.3 Å². The van der Waals surface area contributed by atoms with Gasteiger partial charge in [-0.05, 0) is 45.4 Å². The first-order chi connectivity index (χ1) is 16.6. The molecule has 2 aliphatic rings. The molecule has 2 fully saturated rings. The van der Waals surface area contributed by atoms with Crippen LogP contribution in [0.1, 0.15) is 24.8 Å². The highest BCUT2D eigenvalue weighted by molar-refractivity contribution is 5.67. The molecule has 186 valence electrons. The molecule has 2 aromatic rings. The number of rotatable bonds is 11. The number of aliphatic hydroxyl groups is 1. The Balaban J connectivity index is 1.65. The molecular weight excluding hydrogens is 434 g/mol. The predicted octanol–water partition coefficient (Wildman–Crippen LogP) is 2.23. The summed E-state index contributed by atoms with van der Waals surface area (Å²) in [7, 11) is 3.55. The lowest BCUT2D eigenvalue weighted by molar-refractivity contribution is 0.108. The van der Waals surface area contributed by atoms with Crippen molar-refractivity contribution < 1.29 is 19.3 Å². The summed E-state index contributed by atoms with van der Waals surface area (Å²) in [6.45, 7) is 5.85. The van der Waals surface area contributed by atoms with E-state index >= 15 is 0 Å². The van der Waals surface area contributed by atoms with E-state index < -0.39 is 6.10 Å². The molecule has 0 saturated carbocycles. The van der Waals surface area contributed by atoms with E-state index in [0.29, 0.717) is 37.4 Å². The second-order valence-electron chi connectivity index (χ2n) is 9.04. The summed E-state index contributed by atoms with van der Waals surface area (Å²) in [6.07, 6.45) is 2.59. The van der Waals surface area contributed by atoms with Crippen molar-refractivity contribution >= 4 is 11.6 Å². The van der Waals surface area contributed by atoms with Gasteiger partial charge in [-0.3, -0.25) is 0 Å². The summed E-state index contributed by atoms with van der Waals surface area (Å²) in [5, 5.41) is 16.5.